The predicted octanol–water partition coefficient (Wildman–Crippen LogP) is 3.64. The third kappa shape index (κ3) is 5.79. The first kappa shape index (κ1) is 22.2. The number of aromatic amines is 2. The van der Waals surface area contributed by atoms with Crippen LogP contribution in [0.1, 0.15) is 12.5 Å². The molecule has 0 saturated heterocycles. The summed E-state index contributed by atoms with van der Waals surface area (Å²) in [7, 11) is 0. The van der Waals surface area contributed by atoms with Crippen LogP contribution >= 0.6 is 0 Å². The van der Waals surface area contributed by atoms with Crippen molar-refractivity contribution in [2.45, 2.75) is 13.3 Å². The number of aliphatic hydroxyl groups is 1. The van der Waals surface area contributed by atoms with Gasteiger partial charge in [0.15, 0.2) is 5.70 Å². The van der Waals surface area contributed by atoms with E-state index in [1.807, 2.05) is 0 Å². The Bertz CT molecular complexity index is 1260. The molecule has 1 amide bonds. The first-order chi connectivity index (χ1) is 15.4. The number of carbonyl (C=O) groups is 2. The fourth-order valence-electron chi connectivity index (χ4n) is 2.75. The molecule has 0 saturated carbocycles. The number of amides is 1. The fraction of sp³-hybridized carbons (Fsp3) is 0.136. The number of hydrogen-bond acceptors (Lipinski definition) is 7. The van der Waals surface area contributed by atoms with E-state index in [0.717, 1.165) is 11.6 Å². The van der Waals surface area contributed by atoms with Gasteiger partial charge in [0, 0.05) is 18.2 Å². The minimum atomic E-state index is -0.661. The van der Waals surface area contributed by atoms with Crippen molar-refractivity contribution in [1.82, 2.24) is 9.97 Å². The van der Waals surface area contributed by atoms with Crippen LogP contribution in [0, 0.1) is 0 Å². The molecule has 4 N–H and O–H groups in total. The lowest BCUT2D eigenvalue weighted by Crippen LogP contribution is -2.14. The molecular weight excluding hydrogens is 414 g/mol. The minimum absolute atomic E-state index is 0.227. The van der Waals surface area contributed by atoms with E-state index in [1.165, 1.54) is 6.92 Å². The predicted molar refractivity (Wildman–Crippen MR) is 119 cm³/mol. The lowest BCUT2D eigenvalue weighted by molar-refractivity contribution is -0.137. The summed E-state index contributed by atoms with van der Waals surface area (Å²) in [5, 5.41) is 20.4. The Morgan fingerprint density at radius 2 is 1.88 bits per heavy atom. The zero-order valence-corrected chi connectivity index (χ0v) is 17.2. The Hall–Kier alpha value is -4.47. The molecule has 32 heavy (non-hydrogen) atoms. The van der Waals surface area contributed by atoms with E-state index in [1.54, 1.807) is 42.5 Å². The number of azo groups is 1. The van der Waals surface area contributed by atoms with E-state index in [-0.39, 0.29) is 23.8 Å². The van der Waals surface area contributed by atoms with Crippen LogP contribution in [0.15, 0.2) is 81.6 Å². The number of aliphatic hydroxyl groups excluding tert-OH is 1. The van der Waals surface area contributed by atoms with Crippen molar-refractivity contribution in [3.8, 4) is 0 Å². The summed E-state index contributed by atoms with van der Waals surface area (Å²) in [5.41, 5.74) is 2.32. The number of hydrogen-bond donors (Lipinski definition) is 4. The van der Waals surface area contributed by atoms with Crippen LogP contribution in [0.25, 0.3) is 11.0 Å². The van der Waals surface area contributed by atoms with Gasteiger partial charge in [0.1, 0.15) is 5.76 Å². The van der Waals surface area contributed by atoms with Crippen molar-refractivity contribution in [1.29, 1.82) is 0 Å². The number of allylic oxidation sites excluding steroid dienone is 1. The molecule has 2 aromatic carbocycles. The molecule has 0 radical (unpaired) electrons. The van der Waals surface area contributed by atoms with Crippen molar-refractivity contribution >= 4 is 34.3 Å². The standard InChI is InChI=1S/C22H21N5O5/c1-3-19(29)32-11-10-14-4-6-15(7-5-14)26-27-20(13(2)28)21(30)23-16-8-9-17-18(12-16)25-22(31)24-17/h3-9,12,28H,1,10-11H2,2H3,(H,23,30)(H2,24,25,31). The van der Waals surface area contributed by atoms with Crippen LogP contribution in [-0.2, 0) is 20.7 Å². The molecule has 10 heteroatoms. The molecule has 0 fully saturated rings. The van der Waals surface area contributed by atoms with Crippen LogP contribution in [0.4, 0.5) is 11.4 Å². The lowest BCUT2D eigenvalue weighted by Gasteiger charge is -2.06. The molecule has 1 heterocycles. The molecule has 0 spiro atoms. The number of imidazole rings is 1. The zero-order valence-electron chi connectivity index (χ0n) is 17.2. The number of rotatable bonds is 8. The minimum Gasteiger partial charge on any atom is -0.510 e. The largest absolute Gasteiger partial charge is 0.510 e. The molecule has 0 aliphatic carbocycles. The second-order valence-electron chi connectivity index (χ2n) is 6.72. The first-order valence-corrected chi connectivity index (χ1v) is 9.59. The Kier molecular flexibility index (Phi) is 6.96. The summed E-state index contributed by atoms with van der Waals surface area (Å²) in [5.74, 6) is -1.44. The molecule has 1 aromatic heterocycles. The van der Waals surface area contributed by atoms with Crippen LogP contribution < -0.4 is 11.0 Å². The smallest absolute Gasteiger partial charge is 0.330 e. The maximum absolute atomic E-state index is 12.6. The highest BCUT2D eigenvalue weighted by Gasteiger charge is 2.14. The van der Waals surface area contributed by atoms with Crippen molar-refractivity contribution in [3.63, 3.8) is 0 Å². The average Bonchev–Trinajstić information content (AvgIpc) is 3.13. The van der Waals surface area contributed by atoms with Gasteiger partial charge in [0.25, 0.3) is 5.91 Å². The van der Waals surface area contributed by atoms with Crippen LogP contribution in [0.5, 0.6) is 0 Å². The summed E-state index contributed by atoms with van der Waals surface area (Å²) in [6, 6.07) is 11.8. The number of nitrogens with one attached hydrogen (secondary N) is 3. The van der Waals surface area contributed by atoms with E-state index < -0.39 is 11.9 Å². The van der Waals surface area contributed by atoms with Crippen LogP contribution in [-0.4, -0.2) is 33.6 Å². The quantitative estimate of drug-likeness (QED) is 0.184. The summed E-state index contributed by atoms with van der Waals surface area (Å²) < 4.78 is 4.93. The van der Waals surface area contributed by atoms with Gasteiger partial charge in [-0.3, -0.25) is 4.79 Å². The molecule has 0 atom stereocenters. The second kappa shape index (κ2) is 10.0. The zero-order chi connectivity index (χ0) is 23.1. The molecule has 0 aliphatic rings. The van der Waals surface area contributed by atoms with Gasteiger partial charge >= 0.3 is 11.7 Å². The van der Waals surface area contributed by atoms with E-state index in [9.17, 15) is 19.5 Å². The summed E-state index contributed by atoms with van der Waals surface area (Å²) in [4.78, 5) is 40.2. The highest BCUT2D eigenvalue weighted by atomic mass is 16.5. The number of ether oxygens (including phenoxy) is 1. The van der Waals surface area contributed by atoms with E-state index in [4.69, 9.17) is 4.74 Å². The highest BCUT2D eigenvalue weighted by Crippen LogP contribution is 2.19. The number of nitrogens with zero attached hydrogens (tertiary/aromatic N) is 2. The number of H-pyrrole nitrogens is 2. The van der Waals surface area contributed by atoms with Gasteiger partial charge in [0.05, 0.1) is 23.3 Å². The molecule has 164 valence electrons. The molecule has 0 aliphatic heterocycles. The van der Waals surface area contributed by atoms with Gasteiger partial charge < -0.3 is 25.1 Å². The maximum Gasteiger partial charge on any atom is 0.330 e. The normalized spacial score (nSPS) is 11.9. The van der Waals surface area contributed by atoms with Crippen LogP contribution in [0.3, 0.4) is 0 Å². The summed E-state index contributed by atoms with van der Waals surface area (Å²) in [6.45, 7) is 4.89. The Morgan fingerprint density at radius 3 is 2.56 bits per heavy atom. The van der Waals surface area contributed by atoms with Gasteiger partial charge in [-0.1, -0.05) is 18.7 Å². The molecule has 0 unspecified atom stereocenters. The third-order valence-electron chi connectivity index (χ3n) is 4.34. The SMILES string of the molecule is C=CC(=O)OCCc1ccc(N=NC(C(=O)Nc2ccc3[nH]c(=O)[nH]c3c2)=C(C)O)cc1. The molecule has 3 rings (SSSR count). The second-order valence-corrected chi connectivity index (χ2v) is 6.72. The lowest BCUT2D eigenvalue weighted by atomic mass is 10.1. The number of anilines is 1. The number of aromatic nitrogens is 2. The van der Waals surface area contributed by atoms with Gasteiger partial charge in [-0.25, -0.2) is 9.59 Å². The van der Waals surface area contributed by atoms with E-state index in [2.05, 4.69) is 32.1 Å². The molecule has 0 bridgehead atoms. The topological polar surface area (TPSA) is 149 Å². The van der Waals surface area contributed by atoms with Gasteiger partial charge in [0.2, 0.25) is 0 Å². The number of benzene rings is 2. The molecule has 10 nitrogen and oxygen atoms in total. The third-order valence-corrected chi connectivity index (χ3v) is 4.34. The number of esters is 1. The number of carbonyl (C=O) groups excluding carboxylic acids is 2. The summed E-state index contributed by atoms with van der Waals surface area (Å²) in [6.07, 6.45) is 1.63. The highest BCUT2D eigenvalue weighted by molar-refractivity contribution is 6.04. The molecular formula is C22H21N5O5. The Morgan fingerprint density at radius 1 is 1.16 bits per heavy atom. The Balaban J connectivity index is 1.65. The Labute approximate surface area is 182 Å². The van der Waals surface area contributed by atoms with Gasteiger partial charge in [-0.2, -0.15) is 5.11 Å². The average molecular weight is 435 g/mol. The fourth-order valence-corrected chi connectivity index (χ4v) is 2.75. The summed E-state index contributed by atoms with van der Waals surface area (Å²) >= 11 is 0. The maximum atomic E-state index is 12.6. The van der Waals surface area contributed by atoms with Crippen molar-refractivity contribution in [2.75, 3.05) is 11.9 Å². The van der Waals surface area contributed by atoms with E-state index in [0.29, 0.717) is 28.8 Å². The van der Waals surface area contributed by atoms with Crippen LogP contribution in [0.2, 0.25) is 0 Å². The van der Waals surface area contributed by atoms with E-state index >= 15 is 0 Å². The van der Waals surface area contributed by atoms with Gasteiger partial charge in [-0.15, -0.1) is 5.11 Å². The monoisotopic (exact) mass is 435 g/mol. The first-order valence-electron chi connectivity index (χ1n) is 9.59. The number of fused-ring (bicyclic) bond motifs is 1. The van der Waals surface area contributed by atoms with Crippen molar-refractivity contribution in [2.24, 2.45) is 10.2 Å². The van der Waals surface area contributed by atoms with Crippen molar-refractivity contribution in [3.05, 3.63) is 82.6 Å². The molecule has 3 aromatic rings. The van der Waals surface area contributed by atoms with Gasteiger partial charge in [-0.05, 0) is 42.8 Å². The van der Waals surface area contributed by atoms with Crippen molar-refractivity contribution < 1.29 is 19.4 Å².